The van der Waals surface area contributed by atoms with E-state index in [0.717, 1.165) is 0 Å². The Hall–Kier alpha value is -2.95. The van der Waals surface area contributed by atoms with Gasteiger partial charge in [0.05, 0.1) is 23.4 Å². The van der Waals surface area contributed by atoms with Crippen LogP contribution in [-0.2, 0) is 4.74 Å². The standard InChI is InChI=1S/C18H14FNO3/c1-2-23-18(22)17-14-8-3-4-9-20(14)15(11-21)16(17)12-6-5-7-13(19)10-12/h3-11H,2H2,1H3. The zero-order chi connectivity index (χ0) is 16.4. The van der Waals surface area contributed by atoms with Crippen molar-refractivity contribution in [1.29, 1.82) is 0 Å². The number of nitrogens with zero attached hydrogens (tertiary/aromatic N) is 1. The maximum Gasteiger partial charge on any atom is 0.340 e. The number of pyridine rings is 1. The summed E-state index contributed by atoms with van der Waals surface area (Å²) in [6.45, 7) is 1.92. The van der Waals surface area contributed by atoms with Crippen molar-refractivity contribution in [3.8, 4) is 11.1 Å². The van der Waals surface area contributed by atoms with Crippen molar-refractivity contribution < 1.29 is 18.7 Å². The van der Waals surface area contributed by atoms with Crippen LogP contribution in [0, 0.1) is 5.82 Å². The highest BCUT2D eigenvalue weighted by Crippen LogP contribution is 2.33. The van der Waals surface area contributed by atoms with E-state index < -0.39 is 11.8 Å². The molecule has 0 unspecified atom stereocenters. The first-order chi connectivity index (χ1) is 11.2. The molecule has 3 aromatic rings. The molecule has 0 aliphatic heterocycles. The van der Waals surface area contributed by atoms with Crippen molar-refractivity contribution in [2.75, 3.05) is 6.61 Å². The van der Waals surface area contributed by atoms with Gasteiger partial charge in [-0.15, -0.1) is 0 Å². The third-order valence-electron chi connectivity index (χ3n) is 3.59. The van der Waals surface area contributed by atoms with Crippen LogP contribution in [0.5, 0.6) is 0 Å². The number of esters is 1. The van der Waals surface area contributed by atoms with Gasteiger partial charge in [0.25, 0.3) is 0 Å². The number of rotatable bonds is 4. The average molecular weight is 311 g/mol. The van der Waals surface area contributed by atoms with E-state index in [1.807, 2.05) is 0 Å². The van der Waals surface area contributed by atoms with Gasteiger partial charge >= 0.3 is 5.97 Å². The molecule has 116 valence electrons. The highest BCUT2D eigenvalue weighted by atomic mass is 19.1. The molecule has 3 rings (SSSR count). The summed E-state index contributed by atoms with van der Waals surface area (Å²) in [4.78, 5) is 24.0. The van der Waals surface area contributed by atoms with Crippen molar-refractivity contribution >= 4 is 17.8 Å². The molecule has 0 fully saturated rings. The van der Waals surface area contributed by atoms with Gasteiger partial charge in [0.15, 0.2) is 6.29 Å². The van der Waals surface area contributed by atoms with Crippen LogP contribution in [0.4, 0.5) is 4.39 Å². The van der Waals surface area contributed by atoms with Crippen molar-refractivity contribution in [1.82, 2.24) is 4.40 Å². The largest absolute Gasteiger partial charge is 0.462 e. The van der Waals surface area contributed by atoms with Gasteiger partial charge in [-0.05, 0) is 36.8 Å². The SMILES string of the molecule is CCOC(=O)c1c(-c2cccc(F)c2)c(C=O)n2ccccc12. The smallest absolute Gasteiger partial charge is 0.340 e. The quantitative estimate of drug-likeness (QED) is 0.545. The second-order valence-corrected chi connectivity index (χ2v) is 4.94. The van der Waals surface area contributed by atoms with Gasteiger partial charge in [-0.3, -0.25) is 4.79 Å². The lowest BCUT2D eigenvalue weighted by Gasteiger charge is -2.06. The number of aromatic nitrogens is 1. The number of halogens is 1. The Bertz CT molecular complexity index is 898. The van der Waals surface area contributed by atoms with Gasteiger partial charge in [0.1, 0.15) is 5.82 Å². The number of carbonyl (C=O) groups is 2. The lowest BCUT2D eigenvalue weighted by atomic mass is 10.0. The minimum atomic E-state index is -0.538. The monoisotopic (exact) mass is 311 g/mol. The van der Waals surface area contributed by atoms with Crippen molar-refractivity contribution in [2.24, 2.45) is 0 Å². The predicted octanol–water partition coefficient (Wildman–Crippen LogP) is 3.73. The number of fused-ring (bicyclic) bond motifs is 1. The third kappa shape index (κ3) is 2.50. The summed E-state index contributed by atoms with van der Waals surface area (Å²) in [6.07, 6.45) is 2.35. The zero-order valence-corrected chi connectivity index (χ0v) is 12.5. The second kappa shape index (κ2) is 6.04. The predicted molar refractivity (Wildman–Crippen MR) is 84.1 cm³/mol. The number of hydrogen-bond donors (Lipinski definition) is 0. The molecule has 0 spiro atoms. The molecule has 1 aromatic carbocycles. The van der Waals surface area contributed by atoms with Gasteiger partial charge in [-0.1, -0.05) is 18.2 Å². The molecular weight excluding hydrogens is 297 g/mol. The molecule has 0 radical (unpaired) electrons. The molecule has 0 atom stereocenters. The van der Waals surface area contributed by atoms with Crippen molar-refractivity contribution in [3.63, 3.8) is 0 Å². The van der Waals surface area contributed by atoms with E-state index in [-0.39, 0.29) is 17.9 Å². The second-order valence-electron chi connectivity index (χ2n) is 4.94. The summed E-state index contributed by atoms with van der Waals surface area (Å²) in [6, 6.07) is 11.0. The van der Waals surface area contributed by atoms with Crippen LogP contribution >= 0.6 is 0 Å². The fourth-order valence-corrected chi connectivity index (χ4v) is 2.70. The number of aldehydes is 1. The van der Waals surface area contributed by atoms with E-state index in [4.69, 9.17) is 4.74 Å². The van der Waals surface area contributed by atoms with E-state index >= 15 is 0 Å². The fourth-order valence-electron chi connectivity index (χ4n) is 2.70. The normalized spacial score (nSPS) is 10.7. The Morgan fingerprint density at radius 3 is 2.78 bits per heavy atom. The van der Waals surface area contributed by atoms with Gasteiger partial charge in [0.2, 0.25) is 0 Å². The first-order valence-electron chi connectivity index (χ1n) is 7.18. The molecule has 0 amide bonds. The summed E-state index contributed by atoms with van der Waals surface area (Å²) in [5.74, 6) is -0.979. The van der Waals surface area contributed by atoms with Crippen LogP contribution in [0.1, 0.15) is 27.8 Å². The molecule has 0 saturated heterocycles. The Kier molecular flexibility index (Phi) is 3.93. The summed E-state index contributed by atoms with van der Waals surface area (Å²) >= 11 is 0. The topological polar surface area (TPSA) is 47.8 Å². The molecule has 0 saturated carbocycles. The molecule has 5 heteroatoms. The summed E-state index contributed by atoms with van der Waals surface area (Å²) in [7, 11) is 0. The van der Waals surface area contributed by atoms with E-state index in [9.17, 15) is 14.0 Å². The molecule has 2 aromatic heterocycles. The van der Waals surface area contributed by atoms with E-state index in [1.54, 1.807) is 41.8 Å². The third-order valence-corrected chi connectivity index (χ3v) is 3.59. The van der Waals surface area contributed by atoms with E-state index in [0.29, 0.717) is 22.9 Å². The van der Waals surface area contributed by atoms with Crippen LogP contribution in [0.3, 0.4) is 0 Å². The molecule has 0 aliphatic carbocycles. The van der Waals surface area contributed by atoms with Gasteiger partial charge in [-0.25, -0.2) is 9.18 Å². The van der Waals surface area contributed by atoms with E-state index in [2.05, 4.69) is 0 Å². The molecule has 0 bridgehead atoms. The summed E-state index contributed by atoms with van der Waals surface area (Å²) in [5.41, 5.74) is 1.93. The minimum Gasteiger partial charge on any atom is -0.462 e. The van der Waals surface area contributed by atoms with Crippen molar-refractivity contribution in [3.05, 3.63) is 65.7 Å². The van der Waals surface area contributed by atoms with Crippen LogP contribution < -0.4 is 0 Å². The van der Waals surface area contributed by atoms with Crippen LogP contribution in [0.25, 0.3) is 16.6 Å². The first-order valence-corrected chi connectivity index (χ1v) is 7.18. The van der Waals surface area contributed by atoms with Gasteiger partial charge in [-0.2, -0.15) is 0 Å². The van der Waals surface area contributed by atoms with E-state index in [1.165, 1.54) is 18.2 Å². The molecule has 0 aliphatic rings. The fraction of sp³-hybridized carbons (Fsp3) is 0.111. The van der Waals surface area contributed by atoms with Gasteiger partial charge in [0, 0.05) is 11.8 Å². The summed E-state index contributed by atoms with van der Waals surface area (Å²) in [5, 5.41) is 0. The molecule has 4 nitrogen and oxygen atoms in total. The lowest BCUT2D eigenvalue weighted by Crippen LogP contribution is -2.05. The zero-order valence-electron chi connectivity index (χ0n) is 12.5. The summed E-state index contributed by atoms with van der Waals surface area (Å²) < 4.78 is 20.3. The number of benzene rings is 1. The van der Waals surface area contributed by atoms with Crippen molar-refractivity contribution in [2.45, 2.75) is 6.92 Å². The van der Waals surface area contributed by atoms with Crippen LogP contribution in [0.15, 0.2) is 48.7 Å². The van der Waals surface area contributed by atoms with Crippen LogP contribution in [0.2, 0.25) is 0 Å². The Labute approximate surface area is 132 Å². The first kappa shape index (κ1) is 15.0. The number of carbonyl (C=O) groups excluding carboxylic acids is 2. The molecular formula is C18H14FNO3. The maximum absolute atomic E-state index is 13.6. The Balaban J connectivity index is 2.40. The van der Waals surface area contributed by atoms with Crippen LogP contribution in [-0.4, -0.2) is 23.3 Å². The average Bonchev–Trinajstić information content (AvgIpc) is 2.89. The maximum atomic E-state index is 13.6. The number of ether oxygens (including phenoxy) is 1. The highest BCUT2D eigenvalue weighted by molar-refractivity contribution is 6.09. The Morgan fingerprint density at radius 2 is 2.09 bits per heavy atom. The number of hydrogen-bond acceptors (Lipinski definition) is 3. The highest BCUT2D eigenvalue weighted by Gasteiger charge is 2.25. The Morgan fingerprint density at radius 1 is 1.26 bits per heavy atom. The minimum absolute atomic E-state index is 0.210. The molecule has 23 heavy (non-hydrogen) atoms. The molecule has 0 N–H and O–H groups in total. The molecule has 2 heterocycles. The van der Waals surface area contributed by atoms with Gasteiger partial charge < -0.3 is 9.14 Å². The lowest BCUT2D eigenvalue weighted by molar-refractivity contribution is 0.0529.